The molecule has 4 nitrogen and oxygen atoms in total. The maximum Gasteiger partial charge on any atom is 0.206 e. The van der Waals surface area contributed by atoms with Gasteiger partial charge in [-0.3, -0.25) is 4.98 Å². The first-order valence-electron chi connectivity index (χ1n) is 8.06. The van der Waals surface area contributed by atoms with Crippen molar-refractivity contribution >= 4 is 50.7 Å². The number of aromatic nitrogens is 3. The molecule has 0 aliphatic rings. The molecule has 7 heteroatoms. The minimum absolute atomic E-state index is 0.727. The zero-order chi connectivity index (χ0) is 17.8. The lowest BCUT2D eigenvalue weighted by atomic mass is 10.1. The number of fused-ring (bicyclic) bond motifs is 1. The molecule has 2 aromatic heterocycles. The molecule has 0 fully saturated rings. The first-order valence-corrected chi connectivity index (χ1v) is 10.2. The number of halogens is 1. The van der Waals surface area contributed by atoms with Crippen LogP contribution in [-0.2, 0) is 12.3 Å². The Labute approximate surface area is 164 Å². The monoisotopic (exact) mass is 398 g/mol. The van der Waals surface area contributed by atoms with Crippen LogP contribution in [0.1, 0.15) is 11.1 Å². The summed E-state index contributed by atoms with van der Waals surface area (Å²) in [7, 11) is 0. The number of anilines is 1. The van der Waals surface area contributed by atoms with Gasteiger partial charge in [-0.15, -0.1) is 10.2 Å². The maximum atomic E-state index is 6.26. The minimum Gasteiger partial charge on any atom is -0.356 e. The highest BCUT2D eigenvalue weighted by Gasteiger charge is 2.09. The molecule has 0 radical (unpaired) electrons. The Hall–Kier alpha value is -2.15. The van der Waals surface area contributed by atoms with Gasteiger partial charge in [0.2, 0.25) is 5.13 Å². The predicted molar refractivity (Wildman–Crippen MR) is 110 cm³/mol. The third-order valence-electron chi connectivity index (χ3n) is 3.84. The molecule has 0 amide bonds. The molecular formula is C19H15ClN4S2. The van der Waals surface area contributed by atoms with Gasteiger partial charge in [0, 0.05) is 28.9 Å². The zero-order valence-electron chi connectivity index (χ0n) is 13.7. The van der Waals surface area contributed by atoms with Crippen molar-refractivity contribution in [3.63, 3.8) is 0 Å². The van der Waals surface area contributed by atoms with E-state index in [4.69, 9.17) is 11.6 Å². The van der Waals surface area contributed by atoms with Gasteiger partial charge in [-0.2, -0.15) is 0 Å². The largest absolute Gasteiger partial charge is 0.356 e. The fourth-order valence-electron chi connectivity index (χ4n) is 2.57. The van der Waals surface area contributed by atoms with Crippen LogP contribution in [0.5, 0.6) is 0 Å². The van der Waals surface area contributed by atoms with Gasteiger partial charge in [0.25, 0.3) is 0 Å². The number of pyridine rings is 1. The topological polar surface area (TPSA) is 50.7 Å². The average molecular weight is 399 g/mol. The van der Waals surface area contributed by atoms with E-state index >= 15 is 0 Å². The summed E-state index contributed by atoms with van der Waals surface area (Å²) in [5, 5.41) is 14.3. The highest BCUT2D eigenvalue weighted by molar-refractivity contribution is 8.00. The lowest BCUT2D eigenvalue weighted by Crippen LogP contribution is -1.98. The van der Waals surface area contributed by atoms with E-state index in [1.54, 1.807) is 29.3 Å². The van der Waals surface area contributed by atoms with Crippen molar-refractivity contribution in [1.29, 1.82) is 0 Å². The molecule has 2 heterocycles. The molecule has 0 bridgehead atoms. The van der Waals surface area contributed by atoms with Crippen molar-refractivity contribution in [3.8, 4) is 0 Å². The van der Waals surface area contributed by atoms with Crippen LogP contribution in [0, 0.1) is 0 Å². The van der Waals surface area contributed by atoms with Crippen LogP contribution in [0.15, 0.2) is 65.1 Å². The first-order chi connectivity index (χ1) is 12.8. The van der Waals surface area contributed by atoms with Crippen LogP contribution in [0.4, 0.5) is 5.13 Å². The molecule has 0 saturated carbocycles. The smallest absolute Gasteiger partial charge is 0.206 e. The molecule has 0 aliphatic heterocycles. The number of nitrogens with one attached hydrogen (secondary N) is 1. The van der Waals surface area contributed by atoms with Crippen molar-refractivity contribution in [2.75, 3.05) is 5.32 Å². The summed E-state index contributed by atoms with van der Waals surface area (Å²) in [4.78, 5) is 4.48. The van der Waals surface area contributed by atoms with Crippen LogP contribution < -0.4 is 5.32 Å². The molecule has 2 aromatic carbocycles. The van der Waals surface area contributed by atoms with Gasteiger partial charge in [0.05, 0.1) is 5.52 Å². The number of rotatable bonds is 6. The van der Waals surface area contributed by atoms with E-state index in [1.165, 1.54) is 5.56 Å². The number of thioether (sulfide) groups is 1. The van der Waals surface area contributed by atoms with Gasteiger partial charge in [0.1, 0.15) is 0 Å². The minimum atomic E-state index is 0.727. The predicted octanol–water partition coefficient (Wildman–Crippen LogP) is 5.64. The van der Waals surface area contributed by atoms with Crippen molar-refractivity contribution in [2.24, 2.45) is 0 Å². The average Bonchev–Trinajstić information content (AvgIpc) is 3.15. The Kier molecular flexibility index (Phi) is 5.34. The van der Waals surface area contributed by atoms with E-state index < -0.39 is 0 Å². The van der Waals surface area contributed by atoms with E-state index in [0.717, 1.165) is 43.3 Å². The Morgan fingerprint density at radius 3 is 2.77 bits per heavy atom. The number of hydrogen-bond acceptors (Lipinski definition) is 6. The quantitative estimate of drug-likeness (QED) is 0.425. The van der Waals surface area contributed by atoms with Crippen molar-refractivity contribution in [1.82, 2.24) is 15.2 Å². The number of hydrogen-bond donors (Lipinski definition) is 1. The SMILES string of the molecule is Clc1ccc(CSc2nnc(NCc3ccccc3)s2)c2ncccc12. The van der Waals surface area contributed by atoms with E-state index in [-0.39, 0.29) is 0 Å². The van der Waals surface area contributed by atoms with Gasteiger partial charge in [0.15, 0.2) is 4.34 Å². The molecule has 4 aromatic rings. The van der Waals surface area contributed by atoms with Crippen LogP contribution in [0.2, 0.25) is 5.02 Å². The first kappa shape index (κ1) is 17.3. The molecule has 0 unspecified atom stereocenters. The fraction of sp³-hybridized carbons (Fsp3) is 0.105. The molecule has 0 saturated heterocycles. The van der Waals surface area contributed by atoms with Crippen LogP contribution in [-0.4, -0.2) is 15.2 Å². The van der Waals surface area contributed by atoms with Gasteiger partial charge in [-0.1, -0.05) is 71.1 Å². The second-order valence-electron chi connectivity index (χ2n) is 5.61. The molecule has 1 N–H and O–H groups in total. The van der Waals surface area contributed by atoms with Crippen molar-refractivity contribution in [3.05, 3.63) is 76.9 Å². The number of nitrogens with zero attached hydrogens (tertiary/aromatic N) is 3. The second kappa shape index (κ2) is 8.03. The molecule has 4 rings (SSSR count). The Morgan fingerprint density at radius 1 is 1.00 bits per heavy atom. The van der Waals surface area contributed by atoms with Crippen molar-refractivity contribution in [2.45, 2.75) is 16.6 Å². The fourth-order valence-corrected chi connectivity index (χ4v) is 4.51. The maximum absolute atomic E-state index is 6.26. The van der Waals surface area contributed by atoms with Crippen molar-refractivity contribution < 1.29 is 0 Å². The lowest BCUT2D eigenvalue weighted by molar-refractivity contribution is 0.995. The summed E-state index contributed by atoms with van der Waals surface area (Å²) in [6.07, 6.45) is 1.80. The van der Waals surface area contributed by atoms with Crippen LogP contribution >= 0.6 is 34.7 Å². The number of benzene rings is 2. The molecule has 0 atom stereocenters. The summed E-state index contributed by atoms with van der Waals surface area (Å²) >= 11 is 9.48. The third-order valence-corrected chi connectivity index (χ3v) is 6.24. The molecule has 26 heavy (non-hydrogen) atoms. The summed E-state index contributed by atoms with van der Waals surface area (Å²) in [6, 6.07) is 18.1. The van der Waals surface area contributed by atoms with E-state index in [9.17, 15) is 0 Å². The molecule has 0 spiro atoms. The zero-order valence-corrected chi connectivity index (χ0v) is 16.1. The summed E-state index contributed by atoms with van der Waals surface area (Å²) < 4.78 is 0.930. The van der Waals surface area contributed by atoms with Crippen LogP contribution in [0.3, 0.4) is 0 Å². The normalized spacial score (nSPS) is 11.0. The Balaban J connectivity index is 1.41. The van der Waals surface area contributed by atoms with E-state index in [0.29, 0.717) is 0 Å². The third kappa shape index (κ3) is 3.98. The Bertz CT molecular complexity index is 1020. The van der Waals surface area contributed by atoms with E-state index in [2.05, 4.69) is 32.6 Å². The summed E-state index contributed by atoms with van der Waals surface area (Å²) in [5.41, 5.74) is 3.30. The molecular weight excluding hydrogens is 384 g/mol. The molecule has 0 aliphatic carbocycles. The highest BCUT2D eigenvalue weighted by atomic mass is 35.5. The van der Waals surface area contributed by atoms with Gasteiger partial charge in [-0.25, -0.2) is 0 Å². The lowest BCUT2D eigenvalue weighted by Gasteiger charge is -2.05. The summed E-state index contributed by atoms with van der Waals surface area (Å²) in [6.45, 7) is 0.742. The Morgan fingerprint density at radius 2 is 1.88 bits per heavy atom. The van der Waals surface area contributed by atoms with Gasteiger partial charge < -0.3 is 5.32 Å². The summed E-state index contributed by atoms with van der Waals surface area (Å²) in [5.74, 6) is 0.776. The second-order valence-corrected chi connectivity index (χ2v) is 8.21. The van der Waals surface area contributed by atoms with Gasteiger partial charge >= 0.3 is 0 Å². The molecule has 130 valence electrons. The highest BCUT2D eigenvalue weighted by Crippen LogP contribution is 2.32. The van der Waals surface area contributed by atoms with E-state index in [1.807, 2.05) is 42.5 Å². The van der Waals surface area contributed by atoms with Gasteiger partial charge in [-0.05, 0) is 29.3 Å². The standard InChI is InChI=1S/C19H15ClN4S2/c20-16-9-8-14(17-15(16)7-4-10-21-17)12-25-19-24-23-18(26-19)22-11-13-5-2-1-3-6-13/h1-10H,11-12H2,(H,22,23). The van der Waals surface area contributed by atoms with Crippen LogP contribution in [0.25, 0.3) is 10.9 Å².